The highest BCUT2D eigenvalue weighted by Crippen LogP contribution is 2.28. The monoisotopic (exact) mass is 709 g/mol. The molecule has 0 aliphatic heterocycles. The summed E-state index contributed by atoms with van der Waals surface area (Å²) in [5, 5.41) is 0.167. The van der Waals surface area contributed by atoms with Crippen molar-refractivity contribution in [3.8, 4) is 0 Å². The molecule has 0 radical (unpaired) electrons. The van der Waals surface area contributed by atoms with Crippen molar-refractivity contribution in [1.82, 2.24) is 0 Å². The van der Waals surface area contributed by atoms with Gasteiger partial charge in [-0.3, -0.25) is 0 Å². The van der Waals surface area contributed by atoms with Gasteiger partial charge < -0.3 is 0 Å². The molecule has 0 bridgehead atoms. The van der Waals surface area contributed by atoms with Crippen LogP contribution in [0.15, 0.2) is 24.3 Å². The molecular weight excluding hydrogens is 696 g/mol. The summed E-state index contributed by atoms with van der Waals surface area (Å²) in [5.41, 5.74) is -9.46. The fraction of sp³-hybridized carbons (Fsp3) is 0.143. The molecule has 0 N–H and O–H groups in total. The second kappa shape index (κ2) is 12.2. The second-order valence-electron chi connectivity index (χ2n) is 10.1. The fourth-order valence-corrected chi connectivity index (χ4v) is 8.13. The summed E-state index contributed by atoms with van der Waals surface area (Å²) < 4.78 is 225. The Hall–Kier alpha value is -3.60. The highest BCUT2D eigenvalue weighted by molar-refractivity contribution is 7.27. The average Bonchev–Trinajstić information content (AvgIpc) is 3.05. The second-order valence-corrected chi connectivity index (χ2v) is 16.2. The van der Waals surface area contributed by atoms with Crippen molar-refractivity contribution in [2.75, 3.05) is 0 Å². The minimum absolute atomic E-state index is 0.167. The Morgan fingerprint density at radius 1 is 0.413 bits per heavy atom. The van der Waals surface area contributed by atoms with E-state index in [1.165, 1.54) is 0 Å². The molecule has 4 aromatic rings. The highest BCUT2D eigenvalue weighted by Gasteiger charge is 2.49. The van der Waals surface area contributed by atoms with E-state index in [2.05, 4.69) is 0 Å². The number of hydrogen-bond donors (Lipinski definition) is 0. The summed E-state index contributed by atoms with van der Waals surface area (Å²) in [7, 11) is -3.01. The van der Waals surface area contributed by atoms with Gasteiger partial charge in [-0.05, 0) is 17.3 Å². The lowest BCUT2D eigenvalue weighted by Gasteiger charge is -2.45. The van der Waals surface area contributed by atoms with Gasteiger partial charge in [-0.15, -0.1) is 16.4 Å². The molecule has 0 aliphatic carbocycles. The van der Waals surface area contributed by atoms with Crippen LogP contribution in [-0.2, 0) is 0 Å². The first kappa shape index (κ1) is 35.3. The van der Waals surface area contributed by atoms with E-state index in [0.717, 1.165) is 12.1 Å². The van der Waals surface area contributed by atoms with Gasteiger partial charge in [0.15, 0.2) is 59.7 Å². The van der Waals surface area contributed by atoms with E-state index in [4.69, 9.17) is 11.1 Å². The normalized spacial score (nSPS) is 12.3. The first-order valence-electron chi connectivity index (χ1n) is 12.9. The smallest absolute Gasteiger partial charge is 0.200 e. The first-order valence-corrected chi connectivity index (χ1v) is 16.3. The summed E-state index contributed by atoms with van der Waals surface area (Å²) in [4.78, 5) is 0. The van der Waals surface area contributed by atoms with Gasteiger partial charge in [0.25, 0.3) is 0 Å². The lowest BCUT2D eigenvalue weighted by atomic mass is 9.12. The minimum Gasteiger partial charge on any atom is -0.207 e. The molecule has 0 spiro atoms. The predicted molar refractivity (Wildman–Crippen MR) is 142 cm³/mol. The molecule has 0 saturated carbocycles. The third-order valence-electron chi connectivity index (χ3n) is 8.08. The maximum Gasteiger partial charge on any atom is 0.200 e. The van der Waals surface area contributed by atoms with E-state index in [1.54, 1.807) is 13.8 Å². The predicted octanol–water partition coefficient (Wildman–Crippen LogP) is 6.58. The van der Waals surface area contributed by atoms with Crippen LogP contribution in [0.1, 0.15) is 13.8 Å². The third kappa shape index (κ3) is 4.79. The molecule has 0 aliphatic rings. The van der Waals surface area contributed by atoms with Crippen molar-refractivity contribution >= 4 is 51.6 Å². The third-order valence-corrected chi connectivity index (χ3v) is 13.9. The minimum atomic E-state index is -5.81. The van der Waals surface area contributed by atoms with Crippen LogP contribution >= 0.6 is 11.1 Å². The molecule has 0 fully saturated rings. The van der Waals surface area contributed by atoms with Gasteiger partial charge in [-0.1, -0.05) is 38.1 Å². The van der Waals surface area contributed by atoms with E-state index in [1.807, 2.05) is 0 Å². The van der Waals surface area contributed by atoms with Crippen LogP contribution in [0.5, 0.6) is 0 Å². The van der Waals surface area contributed by atoms with Gasteiger partial charge in [-0.25, -0.2) is 65.9 Å². The Balaban J connectivity index is 2.50. The topological polar surface area (TPSA) is 0 Å². The van der Waals surface area contributed by atoms with Crippen molar-refractivity contribution in [2.45, 2.75) is 25.9 Å². The Labute approximate surface area is 255 Å². The molecule has 4 rings (SSSR count). The van der Waals surface area contributed by atoms with Crippen LogP contribution in [0.3, 0.4) is 0 Å². The maximum atomic E-state index is 15.7. The zero-order valence-corrected chi connectivity index (χ0v) is 24.6. The Morgan fingerprint density at radius 3 is 0.848 bits per heavy atom. The summed E-state index contributed by atoms with van der Waals surface area (Å²) in [6.45, 7) is 3.23. The number of benzene rings is 4. The maximum absolute atomic E-state index is 15.7. The molecule has 0 nitrogen and oxygen atoms in total. The summed E-state index contributed by atoms with van der Waals surface area (Å²) in [6.07, 6.45) is -5.81. The Bertz CT molecular complexity index is 1640. The van der Waals surface area contributed by atoms with Crippen LogP contribution in [-0.4, -0.2) is 13.5 Å². The standard InChI is InChI=1S/C28H14BClF15Si/c1-3-46(30,4-2)10-7-5-9(6-8-10)29(11-14(31)20(37)26(43)21(38)15(11)32,12-16(33)22(39)27(44)23(40)17(12)34)13-18(35)24(41)28(45)25(42)19(13)36/h5-8H,3-4H2,1-2H3/q-1. The van der Waals surface area contributed by atoms with E-state index in [-0.39, 0.29) is 17.3 Å². The van der Waals surface area contributed by atoms with Crippen molar-refractivity contribution in [3.05, 3.63) is 112 Å². The van der Waals surface area contributed by atoms with E-state index < -0.39 is 123 Å². The van der Waals surface area contributed by atoms with E-state index in [9.17, 15) is 39.5 Å². The molecule has 0 aromatic heterocycles. The fourth-order valence-electron chi connectivity index (χ4n) is 5.67. The van der Waals surface area contributed by atoms with E-state index >= 15 is 26.3 Å². The van der Waals surface area contributed by atoms with Gasteiger partial charge in [0.1, 0.15) is 41.0 Å². The van der Waals surface area contributed by atoms with E-state index in [0.29, 0.717) is 12.1 Å². The van der Waals surface area contributed by atoms with Gasteiger partial charge in [-0.2, -0.15) is 16.5 Å². The molecular formula is C28H14BClF15Si-. The molecule has 0 saturated heterocycles. The van der Waals surface area contributed by atoms with Gasteiger partial charge in [0.2, 0.25) is 0 Å². The van der Waals surface area contributed by atoms with Gasteiger partial charge in [0.05, 0.1) is 0 Å². The van der Waals surface area contributed by atoms with Crippen molar-refractivity contribution in [2.24, 2.45) is 0 Å². The Morgan fingerprint density at radius 2 is 0.630 bits per heavy atom. The molecule has 0 unspecified atom stereocenters. The highest BCUT2D eigenvalue weighted by atomic mass is 35.6. The zero-order chi connectivity index (χ0) is 34.8. The lowest BCUT2D eigenvalue weighted by molar-refractivity contribution is 0.380. The van der Waals surface area contributed by atoms with Crippen molar-refractivity contribution in [1.29, 1.82) is 0 Å². The molecule has 246 valence electrons. The van der Waals surface area contributed by atoms with Gasteiger partial charge >= 0.3 is 0 Å². The van der Waals surface area contributed by atoms with Crippen LogP contribution in [0, 0.1) is 87.3 Å². The van der Waals surface area contributed by atoms with Crippen LogP contribution in [0.25, 0.3) is 0 Å². The van der Waals surface area contributed by atoms with Crippen LogP contribution < -0.4 is 27.0 Å². The molecule has 0 atom stereocenters. The van der Waals surface area contributed by atoms with Crippen LogP contribution in [0.4, 0.5) is 65.9 Å². The molecule has 46 heavy (non-hydrogen) atoms. The SMILES string of the molecule is CC[Si](Cl)(CC)c1ccc([B-](c2c(F)c(F)c(F)c(F)c2F)(c2c(F)c(F)c(F)c(F)c2F)c2c(F)c(F)c(F)c(F)c2F)cc1. The lowest BCUT2D eigenvalue weighted by Crippen LogP contribution is -2.79. The number of rotatable bonds is 7. The molecule has 0 amide bonds. The molecule has 0 heterocycles. The zero-order valence-electron chi connectivity index (χ0n) is 22.8. The summed E-state index contributed by atoms with van der Waals surface area (Å²) in [6, 6.07) is 3.24. The molecule has 18 heteroatoms. The summed E-state index contributed by atoms with van der Waals surface area (Å²) >= 11 is 6.64. The summed E-state index contributed by atoms with van der Waals surface area (Å²) in [5.74, 6) is -45.6. The average molecular weight is 710 g/mol. The first-order chi connectivity index (χ1) is 21.4. The van der Waals surface area contributed by atoms with Crippen molar-refractivity contribution < 1.29 is 65.9 Å². The number of halogens is 16. The number of hydrogen-bond acceptors (Lipinski definition) is 0. The quantitative estimate of drug-likeness (QED) is 0.0669. The van der Waals surface area contributed by atoms with Crippen molar-refractivity contribution in [3.63, 3.8) is 0 Å². The van der Waals surface area contributed by atoms with Gasteiger partial charge in [0, 0.05) is 0 Å². The largest absolute Gasteiger partial charge is 0.207 e. The van der Waals surface area contributed by atoms with Crippen LogP contribution in [0.2, 0.25) is 12.1 Å². The molecule has 4 aromatic carbocycles. The Kier molecular flexibility index (Phi) is 9.36.